The molecule has 2 aromatic rings. The van der Waals surface area contributed by atoms with Crippen molar-refractivity contribution in [2.75, 3.05) is 26.2 Å². The highest BCUT2D eigenvalue weighted by Crippen LogP contribution is 2.37. The van der Waals surface area contributed by atoms with Crippen molar-refractivity contribution in [2.24, 2.45) is 0 Å². The number of amides is 1. The SMILES string of the molecule is O=C(OC1CCC(O)CC1)N1CCN(C2c3ccc(Cl)cc3CCc3cccnc32)CC1. The number of halogens is 1. The lowest BCUT2D eigenvalue weighted by molar-refractivity contribution is 0.00811. The molecule has 6 nitrogen and oxygen atoms in total. The number of aliphatic hydroxyl groups excluding tert-OH is 1. The van der Waals surface area contributed by atoms with Gasteiger partial charge in [-0.2, -0.15) is 0 Å². The number of hydrogen-bond acceptors (Lipinski definition) is 5. The third-order valence-corrected chi connectivity index (χ3v) is 7.33. The Hall–Kier alpha value is -2.15. The van der Waals surface area contributed by atoms with Crippen LogP contribution < -0.4 is 0 Å². The summed E-state index contributed by atoms with van der Waals surface area (Å²) in [5, 5.41) is 10.4. The van der Waals surface area contributed by atoms with Crippen LogP contribution in [0.1, 0.15) is 54.1 Å². The largest absolute Gasteiger partial charge is 0.446 e. The molecule has 0 bridgehead atoms. The Labute approximate surface area is 194 Å². The third kappa shape index (κ3) is 4.49. The van der Waals surface area contributed by atoms with Crippen LogP contribution in [0.3, 0.4) is 0 Å². The Morgan fingerprint density at radius 1 is 1.03 bits per heavy atom. The smallest absolute Gasteiger partial charge is 0.410 e. The second kappa shape index (κ2) is 9.38. The van der Waals surface area contributed by atoms with Gasteiger partial charge in [-0.3, -0.25) is 9.88 Å². The summed E-state index contributed by atoms with van der Waals surface area (Å²) in [4.78, 5) is 21.8. The van der Waals surface area contributed by atoms with E-state index in [1.165, 1.54) is 16.7 Å². The fourth-order valence-electron chi connectivity index (χ4n) is 5.30. The fourth-order valence-corrected chi connectivity index (χ4v) is 5.49. The molecule has 1 unspecified atom stereocenters. The van der Waals surface area contributed by atoms with E-state index in [2.05, 4.69) is 23.1 Å². The first-order valence-corrected chi connectivity index (χ1v) is 12.1. The van der Waals surface area contributed by atoms with Crippen molar-refractivity contribution in [3.05, 3.63) is 63.9 Å². The number of ether oxygens (including phenoxy) is 1. The second-order valence-corrected chi connectivity index (χ2v) is 9.57. The number of hydrogen-bond donors (Lipinski definition) is 1. The number of fused-ring (bicyclic) bond motifs is 2. The van der Waals surface area contributed by atoms with Crippen molar-refractivity contribution in [1.82, 2.24) is 14.8 Å². The maximum Gasteiger partial charge on any atom is 0.410 e. The minimum Gasteiger partial charge on any atom is -0.446 e. The number of benzene rings is 1. The van der Waals surface area contributed by atoms with Gasteiger partial charge in [-0.15, -0.1) is 0 Å². The summed E-state index contributed by atoms with van der Waals surface area (Å²) in [6, 6.07) is 10.5. The zero-order valence-electron chi connectivity index (χ0n) is 18.3. The molecule has 1 saturated heterocycles. The number of pyridine rings is 1. The molecule has 5 rings (SSSR count). The van der Waals surface area contributed by atoms with E-state index in [4.69, 9.17) is 21.3 Å². The predicted octanol–water partition coefficient (Wildman–Crippen LogP) is 3.98. The van der Waals surface area contributed by atoms with Gasteiger partial charge in [-0.25, -0.2) is 4.79 Å². The van der Waals surface area contributed by atoms with Crippen LogP contribution >= 0.6 is 11.6 Å². The van der Waals surface area contributed by atoms with E-state index in [1.54, 1.807) is 0 Å². The van der Waals surface area contributed by atoms with Crippen LogP contribution in [-0.4, -0.2) is 64.4 Å². The minimum absolute atomic E-state index is 0.0685. The Kier molecular flexibility index (Phi) is 6.35. The molecule has 2 aliphatic carbocycles. The normalized spacial score (nSPS) is 26.1. The summed E-state index contributed by atoms with van der Waals surface area (Å²) in [5.74, 6) is 0. The first-order valence-electron chi connectivity index (χ1n) is 11.7. The molecule has 0 spiro atoms. The lowest BCUT2D eigenvalue weighted by atomic mass is 9.95. The van der Waals surface area contributed by atoms with Crippen LogP contribution in [-0.2, 0) is 17.6 Å². The van der Waals surface area contributed by atoms with Gasteiger partial charge >= 0.3 is 6.09 Å². The van der Waals surface area contributed by atoms with Crippen molar-refractivity contribution in [3.63, 3.8) is 0 Å². The molecule has 0 radical (unpaired) electrons. The first kappa shape index (κ1) is 21.7. The topological polar surface area (TPSA) is 65.9 Å². The molecule has 32 heavy (non-hydrogen) atoms. The average molecular weight is 456 g/mol. The summed E-state index contributed by atoms with van der Waals surface area (Å²) in [6.07, 6.45) is 6.16. The number of carbonyl (C=O) groups excluding carboxylic acids is 1. The van der Waals surface area contributed by atoms with Crippen LogP contribution in [0.2, 0.25) is 5.02 Å². The van der Waals surface area contributed by atoms with Gasteiger partial charge in [-0.05, 0) is 73.4 Å². The van der Waals surface area contributed by atoms with Crippen LogP contribution in [0.4, 0.5) is 4.79 Å². The Bertz CT molecular complexity index is 969. The highest BCUT2D eigenvalue weighted by atomic mass is 35.5. The molecule has 1 amide bonds. The van der Waals surface area contributed by atoms with Gasteiger partial charge in [0, 0.05) is 37.4 Å². The van der Waals surface area contributed by atoms with E-state index in [0.717, 1.165) is 49.5 Å². The molecular weight excluding hydrogens is 426 g/mol. The summed E-state index contributed by atoms with van der Waals surface area (Å²) < 4.78 is 5.74. The van der Waals surface area contributed by atoms with Crippen LogP contribution in [0, 0.1) is 0 Å². The van der Waals surface area contributed by atoms with Crippen LogP contribution in [0.15, 0.2) is 36.5 Å². The highest BCUT2D eigenvalue weighted by Gasteiger charge is 2.34. The van der Waals surface area contributed by atoms with E-state index in [0.29, 0.717) is 25.9 Å². The molecule has 170 valence electrons. The number of piperazine rings is 1. The molecule has 7 heteroatoms. The predicted molar refractivity (Wildman–Crippen MR) is 123 cm³/mol. The molecule has 3 aliphatic rings. The maximum absolute atomic E-state index is 12.7. The van der Waals surface area contributed by atoms with Gasteiger partial charge in [0.1, 0.15) is 6.10 Å². The molecule has 2 heterocycles. The third-order valence-electron chi connectivity index (χ3n) is 7.10. The Morgan fingerprint density at radius 3 is 2.56 bits per heavy atom. The fraction of sp³-hybridized carbons (Fsp3) is 0.520. The van der Waals surface area contributed by atoms with Crippen molar-refractivity contribution in [3.8, 4) is 0 Å². The van der Waals surface area contributed by atoms with Gasteiger partial charge in [-0.1, -0.05) is 23.7 Å². The Balaban J connectivity index is 1.30. The van der Waals surface area contributed by atoms with Crippen LogP contribution in [0.25, 0.3) is 0 Å². The Morgan fingerprint density at radius 2 is 1.78 bits per heavy atom. The summed E-state index contributed by atoms with van der Waals surface area (Å²) >= 11 is 6.32. The van der Waals surface area contributed by atoms with E-state index >= 15 is 0 Å². The highest BCUT2D eigenvalue weighted by molar-refractivity contribution is 6.30. The molecule has 1 atom stereocenters. The number of aliphatic hydroxyl groups is 1. The maximum atomic E-state index is 12.7. The molecule has 1 aromatic heterocycles. The lowest BCUT2D eigenvalue weighted by Crippen LogP contribution is -2.50. The van der Waals surface area contributed by atoms with Crippen molar-refractivity contribution < 1.29 is 14.6 Å². The van der Waals surface area contributed by atoms with Crippen molar-refractivity contribution >= 4 is 17.7 Å². The number of nitrogens with zero attached hydrogens (tertiary/aromatic N) is 3. The summed E-state index contributed by atoms with van der Waals surface area (Å²) in [7, 11) is 0. The van der Waals surface area contributed by atoms with E-state index < -0.39 is 0 Å². The minimum atomic E-state index is -0.248. The standard InChI is InChI=1S/C25H30ClN3O3/c26-19-5-10-22-18(16-19)4-3-17-2-1-11-27-23(17)24(22)28-12-14-29(15-13-28)25(31)32-21-8-6-20(30)7-9-21/h1-2,5,10-11,16,20-21,24,30H,3-4,6-9,12-15H2. The number of carbonyl (C=O) groups is 1. The quantitative estimate of drug-likeness (QED) is 0.741. The summed E-state index contributed by atoms with van der Waals surface area (Å²) in [5.41, 5.74) is 4.95. The molecule has 1 N–H and O–H groups in total. The monoisotopic (exact) mass is 455 g/mol. The number of aromatic nitrogens is 1. The zero-order chi connectivity index (χ0) is 22.1. The molecule has 1 saturated carbocycles. The van der Waals surface area contributed by atoms with Gasteiger partial charge in [0.15, 0.2) is 0 Å². The second-order valence-electron chi connectivity index (χ2n) is 9.13. The van der Waals surface area contributed by atoms with Gasteiger partial charge in [0.2, 0.25) is 0 Å². The van der Waals surface area contributed by atoms with Crippen molar-refractivity contribution in [2.45, 2.75) is 56.8 Å². The molecule has 2 fully saturated rings. The van der Waals surface area contributed by atoms with Crippen molar-refractivity contribution in [1.29, 1.82) is 0 Å². The average Bonchev–Trinajstić information content (AvgIpc) is 2.97. The lowest BCUT2D eigenvalue weighted by Gasteiger charge is -2.40. The number of aryl methyl sites for hydroxylation is 2. The molecule has 1 aliphatic heterocycles. The number of rotatable bonds is 2. The molecule has 1 aromatic carbocycles. The van der Waals surface area contributed by atoms with Gasteiger partial charge in [0.25, 0.3) is 0 Å². The van der Waals surface area contributed by atoms with Crippen LogP contribution in [0.5, 0.6) is 0 Å². The van der Waals surface area contributed by atoms with Gasteiger partial charge < -0.3 is 14.7 Å². The van der Waals surface area contributed by atoms with E-state index in [9.17, 15) is 9.90 Å². The summed E-state index contributed by atoms with van der Waals surface area (Å²) in [6.45, 7) is 2.80. The van der Waals surface area contributed by atoms with E-state index in [1.807, 2.05) is 23.2 Å². The first-order chi connectivity index (χ1) is 15.6. The molecular formula is C25H30ClN3O3. The van der Waals surface area contributed by atoms with Gasteiger partial charge in [0.05, 0.1) is 17.8 Å². The zero-order valence-corrected chi connectivity index (χ0v) is 19.0. The van der Waals surface area contributed by atoms with E-state index in [-0.39, 0.29) is 24.3 Å².